The summed E-state index contributed by atoms with van der Waals surface area (Å²) in [4.78, 5) is 12.9. The van der Waals surface area contributed by atoms with E-state index in [0.717, 1.165) is 29.4 Å². The second-order valence-electron chi connectivity index (χ2n) is 7.72. The molecule has 1 aliphatic carbocycles. The molecule has 3 unspecified atom stereocenters. The minimum Gasteiger partial charge on any atom is -0.414 e. The maximum Gasteiger partial charge on any atom is 0.317 e. The molecule has 1 saturated carbocycles. The van der Waals surface area contributed by atoms with Gasteiger partial charge in [-0.1, -0.05) is 43.2 Å². The molecule has 3 nitrogen and oxygen atoms in total. The Morgan fingerprint density at radius 2 is 1.87 bits per heavy atom. The third kappa shape index (κ3) is 3.60. The van der Waals surface area contributed by atoms with Gasteiger partial charge in [0.25, 0.3) is 0 Å². The summed E-state index contributed by atoms with van der Waals surface area (Å²) < 4.78 is 6.73. The first kappa shape index (κ1) is 16.5. The molecular weight excluding hydrogens is 286 g/mol. The molecule has 0 aromatic heterocycles. The van der Waals surface area contributed by atoms with Crippen molar-refractivity contribution in [3.63, 3.8) is 0 Å². The lowest BCUT2D eigenvalue weighted by molar-refractivity contribution is -0.935. The summed E-state index contributed by atoms with van der Waals surface area (Å²) in [7, 11) is 2.22. The van der Waals surface area contributed by atoms with E-state index in [1.807, 2.05) is 18.2 Å². The average molecular weight is 316 g/mol. The van der Waals surface area contributed by atoms with Gasteiger partial charge in [0, 0.05) is 12.8 Å². The van der Waals surface area contributed by atoms with Crippen LogP contribution >= 0.6 is 0 Å². The lowest BCUT2D eigenvalue weighted by Gasteiger charge is -2.34. The van der Waals surface area contributed by atoms with E-state index in [-0.39, 0.29) is 11.9 Å². The van der Waals surface area contributed by atoms with Crippen molar-refractivity contribution in [3.8, 4) is 0 Å². The van der Waals surface area contributed by atoms with Crippen molar-refractivity contribution in [3.05, 3.63) is 35.9 Å². The molecular formula is C20H30NO2+. The lowest BCUT2D eigenvalue weighted by atomic mass is 9.85. The first-order valence-corrected chi connectivity index (χ1v) is 9.16. The number of benzene rings is 1. The van der Waals surface area contributed by atoms with Crippen LogP contribution in [0.2, 0.25) is 0 Å². The summed E-state index contributed by atoms with van der Waals surface area (Å²) in [5, 5.41) is 0. The van der Waals surface area contributed by atoms with Crippen molar-refractivity contribution in [2.45, 2.75) is 57.4 Å². The molecule has 1 aromatic carbocycles. The fourth-order valence-corrected chi connectivity index (χ4v) is 4.32. The number of hydrogen-bond donors (Lipinski definition) is 0. The van der Waals surface area contributed by atoms with Gasteiger partial charge in [0.2, 0.25) is 6.73 Å². The van der Waals surface area contributed by atoms with Gasteiger partial charge in [0.05, 0.1) is 25.6 Å². The highest BCUT2D eigenvalue weighted by Gasteiger charge is 2.38. The molecule has 0 N–H and O–H groups in total. The molecule has 23 heavy (non-hydrogen) atoms. The molecule has 3 rings (SSSR count). The van der Waals surface area contributed by atoms with E-state index >= 15 is 0 Å². The van der Waals surface area contributed by atoms with Gasteiger partial charge in [0.15, 0.2) is 0 Å². The van der Waals surface area contributed by atoms with Crippen LogP contribution in [-0.2, 0) is 9.53 Å². The molecule has 0 bridgehead atoms. The van der Waals surface area contributed by atoms with Crippen molar-refractivity contribution in [1.29, 1.82) is 0 Å². The van der Waals surface area contributed by atoms with E-state index in [0.29, 0.717) is 18.7 Å². The van der Waals surface area contributed by atoms with Gasteiger partial charge in [0.1, 0.15) is 0 Å². The summed E-state index contributed by atoms with van der Waals surface area (Å²) in [6, 6.07) is 10.8. The summed E-state index contributed by atoms with van der Waals surface area (Å²) in [6.07, 6.45) is 7.26. The molecule has 1 aromatic rings. The number of likely N-dealkylation sites (tertiary alicyclic amines) is 1. The first-order valence-electron chi connectivity index (χ1n) is 9.16. The predicted molar refractivity (Wildman–Crippen MR) is 91.8 cm³/mol. The average Bonchev–Trinajstić information content (AvgIpc) is 3.18. The monoisotopic (exact) mass is 316 g/mol. The third-order valence-electron chi connectivity index (χ3n) is 6.14. The minimum absolute atomic E-state index is 0.0125. The van der Waals surface area contributed by atoms with Crippen LogP contribution in [0.3, 0.4) is 0 Å². The Bertz CT molecular complexity index is 524. The van der Waals surface area contributed by atoms with Crippen molar-refractivity contribution in [2.24, 2.45) is 5.92 Å². The molecule has 1 heterocycles. The summed E-state index contributed by atoms with van der Waals surface area (Å²) in [6.45, 7) is 3.91. The highest BCUT2D eigenvalue weighted by Crippen LogP contribution is 2.38. The van der Waals surface area contributed by atoms with Crippen molar-refractivity contribution < 1.29 is 14.0 Å². The van der Waals surface area contributed by atoms with E-state index in [2.05, 4.69) is 26.1 Å². The molecule has 3 heteroatoms. The van der Waals surface area contributed by atoms with Crippen LogP contribution in [0.15, 0.2) is 30.3 Å². The standard InChI is InChI=1S/C20H30NO2/c1-16-9-8-14-21(16,2)15-23-20(22)19(18-12-6-7-13-18)17-10-4-3-5-11-17/h3-5,10-11,16,18-19H,6-9,12-15H2,1-2H3/q+1. The number of esters is 1. The van der Waals surface area contributed by atoms with Crippen LogP contribution in [0.25, 0.3) is 0 Å². The van der Waals surface area contributed by atoms with Gasteiger partial charge in [-0.2, -0.15) is 0 Å². The maximum atomic E-state index is 12.9. The van der Waals surface area contributed by atoms with E-state index in [4.69, 9.17) is 4.74 Å². The van der Waals surface area contributed by atoms with Crippen molar-refractivity contribution >= 4 is 5.97 Å². The van der Waals surface area contributed by atoms with Gasteiger partial charge in [-0.25, -0.2) is 0 Å². The zero-order valence-corrected chi connectivity index (χ0v) is 14.5. The van der Waals surface area contributed by atoms with Gasteiger partial charge in [-0.15, -0.1) is 0 Å². The van der Waals surface area contributed by atoms with Crippen LogP contribution in [0.5, 0.6) is 0 Å². The Labute approximate surface area is 140 Å². The lowest BCUT2D eigenvalue weighted by Crippen LogP contribution is -2.49. The van der Waals surface area contributed by atoms with Crippen LogP contribution in [0.1, 0.15) is 56.9 Å². The zero-order valence-electron chi connectivity index (χ0n) is 14.5. The molecule has 2 aliphatic rings. The third-order valence-corrected chi connectivity index (χ3v) is 6.14. The highest BCUT2D eigenvalue weighted by atomic mass is 16.5. The zero-order chi connectivity index (χ0) is 16.3. The summed E-state index contributed by atoms with van der Waals surface area (Å²) >= 11 is 0. The van der Waals surface area contributed by atoms with Gasteiger partial charge >= 0.3 is 5.97 Å². The molecule has 0 spiro atoms. The summed E-state index contributed by atoms with van der Waals surface area (Å²) in [5.74, 6) is 0.357. The molecule has 1 saturated heterocycles. The van der Waals surface area contributed by atoms with E-state index < -0.39 is 0 Å². The Balaban J connectivity index is 1.70. The van der Waals surface area contributed by atoms with Crippen LogP contribution in [0.4, 0.5) is 0 Å². The fourth-order valence-electron chi connectivity index (χ4n) is 4.32. The smallest absolute Gasteiger partial charge is 0.317 e. The number of hydrogen-bond acceptors (Lipinski definition) is 2. The van der Waals surface area contributed by atoms with Crippen LogP contribution < -0.4 is 0 Å². The van der Waals surface area contributed by atoms with E-state index in [1.165, 1.54) is 25.7 Å². The quantitative estimate of drug-likeness (QED) is 0.604. The number of quaternary nitrogens is 1. The Kier molecular flexibility index (Phi) is 5.05. The van der Waals surface area contributed by atoms with Crippen molar-refractivity contribution in [2.75, 3.05) is 20.3 Å². The Morgan fingerprint density at radius 1 is 1.17 bits per heavy atom. The highest BCUT2D eigenvalue weighted by molar-refractivity contribution is 5.78. The Hall–Kier alpha value is -1.35. The number of nitrogens with zero attached hydrogens (tertiary/aromatic N) is 1. The fraction of sp³-hybridized carbons (Fsp3) is 0.650. The second kappa shape index (κ2) is 7.04. The Morgan fingerprint density at radius 3 is 2.48 bits per heavy atom. The number of ether oxygens (including phenoxy) is 1. The molecule has 126 valence electrons. The van der Waals surface area contributed by atoms with E-state index in [1.54, 1.807) is 0 Å². The maximum absolute atomic E-state index is 12.9. The van der Waals surface area contributed by atoms with Gasteiger partial charge in [-0.05, 0) is 31.2 Å². The largest absolute Gasteiger partial charge is 0.414 e. The number of carbonyl (C=O) groups excluding carboxylic acids is 1. The molecule has 2 fully saturated rings. The van der Waals surface area contributed by atoms with Crippen LogP contribution in [0, 0.1) is 5.92 Å². The molecule has 0 radical (unpaired) electrons. The first-order chi connectivity index (χ1) is 11.1. The molecule has 3 atom stereocenters. The van der Waals surface area contributed by atoms with E-state index in [9.17, 15) is 4.79 Å². The second-order valence-corrected chi connectivity index (χ2v) is 7.72. The molecule has 0 amide bonds. The summed E-state index contributed by atoms with van der Waals surface area (Å²) in [5.41, 5.74) is 1.13. The minimum atomic E-state index is -0.0804. The molecule has 1 aliphatic heterocycles. The van der Waals surface area contributed by atoms with Crippen LogP contribution in [-0.4, -0.2) is 36.8 Å². The van der Waals surface area contributed by atoms with Gasteiger partial charge in [-0.3, -0.25) is 9.28 Å². The van der Waals surface area contributed by atoms with Gasteiger partial charge < -0.3 is 4.74 Å². The number of rotatable bonds is 5. The predicted octanol–water partition coefficient (Wildman–Crippen LogP) is 4.09. The number of carbonyl (C=O) groups is 1. The topological polar surface area (TPSA) is 26.3 Å². The SMILES string of the molecule is CC1CCC[N+]1(C)COC(=O)C(c1ccccc1)C1CCCC1. The normalized spacial score (nSPS) is 29.6. The van der Waals surface area contributed by atoms with Crippen molar-refractivity contribution in [1.82, 2.24) is 0 Å².